The lowest BCUT2D eigenvalue weighted by atomic mass is 9.97. The number of hydrogen-bond donors (Lipinski definition) is 0. The van der Waals surface area contributed by atoms with Gasteiger partial charge in [-0.25, -0.2) is 4.98 Å². The first-order chi connectivity index (χ1) is 9.56. The fourth-order valence-electron chi connectivity index (χ4n) is 2.17. The van der Waals surface area contributed by atoms with E-state index in [0.29, 0.717) is 23.9 Å². The van der Waals surface area contributed by atoms with Crippen LogP contribution in [0.15, 0.2) is 18.2 Å². The molecule has 5 heteroatoms. The summed E-state index contributed by atoms with van der Waals surface area (Å²) in [5.74, 6) is 0.371. The van der Waals surface area contributed by atoms with Gasteiger partial charge in [0.05, 0.1) is 0 Å². The number of carbonyl (C=O) groups excluding carboxylic acids is 2. The second-order valence-electron chi connectivity index (χ2n) is 5.21. The number of rotatable bonds is 4. The number of pyridine rings is 1. The van der Waals surface area contributed by atoms with Crippen LogP contribution in [-0.4, -0.2) is 53.3 Å². The molecule has 20 heavy (non-hydrogen) atoms. The van der Waals surface area contributed by atoms with Crippen LogP contribution in [0.5, 0.6) is 0 Å². The predicted octanol–water partition coefficient (Wildman–Crippen LogP) is 1.66. The molecule has 1 aromatic rings. The van der Waals surface area contributed by atoms with Gasteiger partial charge in [-0.3, -0.25) is 9.59 Å². The van der Waals surface area contributed by atoms with E-state index in [0.717, 1.165) is 19.5 Å². The maximum absolute atomic E-state index is 12.2. The van der Waals surface area contributed by atoms with E-state index in [-0.39, 0.29) is 11.8 Å². The third kappa shape index (κ3) is 2.81. The second kappa shape index (κ2) is 6.03. The Bertz CT molecular complexity index is 510. The van der Waals surface area contributed by atoms with Crippen LogP contribution in [0.1, 0.15) is 41.2 Å². The highest BCUT2D eigenvalue weighted by Crippen LogP contribution is 2.20. The largest absolute Gasteiger partial charge is 0.341 e. The second-order valence-corrected chi connectivity index (χ2v) is 5.21. The fourth-order valence-corrected chi connectivity index (χ4v) is 2.17. The summed E-state index contributed by atoms with van der Waals surface area (Å²) in [5, 5.41) is 0. The molecule has 0 spiro atoms. The average molecular weight is 275 g/mol. The molecule has 108 valence electrons. The third-order valence-corrected chi connectivity index (χ3v) is 3.83. The molecule has 0 atom stereocenters. The van der Waals surface area contributed by atoms with Crippen molar-refractivity contribution in [2.75, 3.05) is 26.7 Å². The number of hydrogen-bond acceptors (Lipinski definition) is 3. The highest BCUT2D eigenvalue weighted by Gasteiger charge is 2.30. The van der Waals surface area contributed by atoms with Crippen molar-refractivity contribution in [2.45, 2.75) is 20.3 Å². The van der Waals surface area contributed by atoms with E-state index in [2.05, 4.69) is 11.9 Å². The summed E-state index contributed by atoms with van der Waals surface area (Å²) in [4.78, 5) is 31.9. The zero-order chi connectivity index (χ0) is 14.7. The number of likely N-dealkylation sites (tertiary alicyclic amines) is 1. The van der Waals surface area contributed by atoms with Crippen molar-refractivity contribution >= 4 is 11.8 Å². The highest BCUT2D eigenvalue weighted by molar-refractivity contribution is 5.96. The van der Waals surface area contributed by atoms with Crippen LogP contribution < -0.4 is 0 Å². The van der Waals surface area contributed by atoms with Crippen molar-refractivity contribution in [1.82, 2.24) is 14.8 Å². The Morgan fingerprint density at radius 3 is 2.55 bits per heavy atom. The predicted molar refractivity (Wildman–Crippen MR) is 76.6 cm³/mol. The van der Waals surface area contributed by atoms with Crippen molar-refractivity contribution in [3.63, 3.8) is 0 Å². The van der Waals surface area contributed by atoms with Gasteiger partial charge in [0.2, 0.25) is 0 Å². The summed E-state index contributed by atoms with van der Waals surface area (Å²) in [6.07, 6.45) is 1.09. The van der Waals surface area contributed by atoms with E-state index in [4.69, 9.17) is 0 Å². The van der Waals surface area contributed by atoms with Crippen molar-refractivity contribution < 1.29 is 9.59 Å². The number of nitrogens with zero attached hydrogens (tertiary/aromatic N) is 3. The zero-order valence-corrected chi connectivity index (χ0v) is 12.3. The Morgan fingerprint density at radius 2 is 1.95 bits per heavy atom. The van der Waals surface area contributed by atoms with Gasteiger partial charge in [0.25, 0.3) is 11.8 Å². The molecule has 2 heterocycles. The fraction of sp³-hybridized carbons (Fsp3) is 0.533. The van der Waals surface area contributed by atoms with Crippen LogP contribution in [0, 0.1) is 5.92 Å². The van der Waals surface area contributed by atoms with E-state index >= 15 is 0 Å². The molecular formula is C15H21N3O2. The van der Waals surface area contributed by atoms with Gasteiger partial charge in [-0.15, -0.1) is 0 Å². The van der Waals surface area contributed by atoms with Gasteiger partial charge in [0.1, 0.15) is 11.4 Å². The maximum atomic E-state index is 12.2. The van der Waals surface area contributed by atoms with Gasteiger partial charge >= 0.3 is 0 Å². The molecule has 0 aromatic carbocycles. The van der Waals surface area contributed by atoms with Gasteiger partial charge in [0, 0.05) is 26.7 Å². The van der Waals surface area contributed by atoms with Crippen LogP contribution in [0.25, 0.3) is 0 Å². The Morgan fingerprint density at radius 1 is 1.30 bits per heavy atom. The lowest BCUT2D eigenvalue weighted by Crippen LogP contribution is -2.49. The minimum atomic E-state index is -0.155. The molecule has 0 radical (unpaired) electrons. The van der Waals surface area contributed by atoms with Crippen LogP contribution in [-0.2, 0) is 0 Å². The number of amides is 2. The summed E-state index contributed by atoms with van der Waals surface area (Å²) in [6.45, 7) is 6.24. The molecule has 0 bridgehead atoms. The van der Waals surface area contributed by atoms with E-state index in [1.165, 1.54) is 0 Å². The summed E-state index contributed by atoms with van der Waals surface area (Å²) in [5.41, 5.74) is 0.683. The minimum absolute atomic E-state index is 0.0801. The molecule has 1 aromatic heterocycles. The highest BCUT2D eigenvalue weighted by atomic mass is 16.2. The minimum Gasteiger partial charge on any atom is -0.341 e. The van der Waals surface area contributed by atoms with Gasteiger partial charge in [0.15, 0.2) is 0 Å². The molecule has 0 unspecified atom stereocenters. The van der Waals surface area contributed by atoms with Gasteiger partial charge < -0.3 is 9.80 Å². The summed E-state index contributed by atoms with van der Waals surface area (Å²) < 4.78 is 0. The van der Waals surface area contributed by atoms with Crippen molar-refractivity contribution in [1.29, 1.82) is 0 Å². The van der Waals surface area contributed by atoms with Gasteiger partial charge in [-0.1, -0.05) is 13.0 Å². The Balaban J connectivity index is 2.10. The Labute approximate surface area is 119 Å². The summed E-state index contributed by atoms with van der Waals surface area (Å²) in [7, 11) is 1.72. The van der Waals surface area contributed by atoms with Crippen LogP contribution >= 0.6 is 0 Å². The number of aromatic nitrogens is 1. The normalized spacial score (nSPS) is 14.8. The van der Waals surface area contributed by atoms with Crippen molar-refractivity contribution in [3.05, 3.63) is 29.6 Å². The molecule has 5 nitrogen and oxygen atoms in total. The van der Waals surface area contributed by atoms with E-state index in [9.17, 15) is 9.59 Å². The Hall–Kier alpha value is -1.91. The van der Waals surface area contributed by atoms with E-state index in [1.54, 1.807) is 35.0 Å². The third-order valence-electron chi connectivity index (χ3n) is 3.83. The molecule has 2 rings (SSSR count). The van der Waals surface area contributed by atoms with Crippen LogP contribution in [0.2, 0.25) is 0 Å². The van der Waals surface area contributed by atoms with Gasteiger partial charge in [-0.2, -0.15) is 0 Å². The lowest BCUT2D eigenvalue weighted by Gasteiger charge is -2.38. The molecular weight excluding hydrogens is 254 g/mol. The first-order valence-corrected chi connectivity index (χ1v) is 7.08. The molecule has 0 N–H and O–H groups in total. The molecule has 1 aliphatic heterocycles. The van der Waals surface area contributed by atoms with Crippen LogP contribution in [0.4, 0.5) is 0 Å². The van der Waals surface area contributed by atoms with E-state index in [1.807, 2.05) is 6.92 Å². The van der Waals surface area contributed by atoms with Crippen molar-refractivity contribution in [2.24, 2.45) is 5.92 Å². The molecule has 1 fully saturated rings. The number of carbonyl (C=O) groups is 2. The molecule has 1 saturated heterocycles. The Kier molecular flexibility index (Phi) is 4.37. The quantitative estimate of drug-likeness (QED) is 0.839. The first-order valence-electron chi connectivity index (χ1n) is 7.08. The standard InChI is InChI=1S/C15H21N3O2/c1-4-11-9-18(10-11)15(20)13-8-6-7-12(16-13)14(19)17(3)5-2/h6-8,11H,4-5,9-10H2,1-3H3. The summed E-state index contributed by atoms with van der Waals surface area (Å²) >= 11 is 0. The molecule has 0 saturated carbocycles. The maximum Gasteiger partial charge on any atom is 0.272 e. The molecule has 0 aliphatic carbocycles. The monoisotopic (exact) mass is 275 g/mol. The molecule has 1 aliphatic rings. The summed E-state index contributed by atoms with van der Waals surface area (Å²) in [6, 6.07) is 5.04. The SMILES string of the molecule is CCC1CN(C(=O)c2cccc(C(=O)N(C)CC)n2)C1. The van der Waals surface area contributed by atoms with Crippen molar-refractivity contribution in [3.8, 4) is 0 Å². The van der Waals surface area contributed by atoms with E-state index < -0.39 is 0 Å². The molecule has 2 amide bonds. The average Bonchev–Trinajstić information content (AvgIpc) is 2.44. The topological polar surface area (TPSA) is 53.5 Å². The smallest absolute Gasteiger partial charge is 0.272 e. The first kappa shape index (κ1) is 14.5. The van der Waals surface area contributed by atoms with Gasteiger partial charge in [-0.05, 0) is 31.4 Å². The zero-order valence-electron chi connectivity index (χ0n) is 12.3. The lowest BCUT2D eigenvalue weighted by molar-refractivity contribution is 0.0488. The van der Waals surface area contributed by atoms with Crippen LogP contribution in [0.3, 0.4) is 0 Å².